The number of primary amides is 1. The van der Waals surface area contributed by atoms with Gasteiger partial charge < -0.3 is 16.2 Å². The Kier molecular flexibility index (Phi) is 4.25. The SMILES string of the molecule is COc1ccc(-c2cc(-c3ccccc3)nc3sc(C(N)=O)c(N)c23)cc1. The Morgan fingerprint density at radius 2 is 1.74 bits per heavy atom. The number of aromatic nitrogens is 1. The molecule has 0 saturated heterocycles. The number of pyridine rings is 1. The fourth-order valence-corrected chi connectivity index (χ4v) is 4.03. The van der Waals surface area contributed by atoms with Crippen LogP contribution in [0.25, 0.3) is 32.6 Å². The van der Waals surface area contributed by atoms with Gasteiger partial charge in [0.25, 0.3) is 5.91 Å². The van der Waals surface area contributed by atoms with Crippen molar-refractivity contribution in [2.24, 2.45) is 5.73 Å². The number of methoxy groups -OCH3 is 1. The maximum atomic E-state index is 11.8. The lowest BCUT2D eigenvalue weighted by Gasteiger charge is -2.09. The van der Waals surface area contributed by atoms with Gasteiger partial charge in [0.15, 0.2) is 0 Å². The molecule has 4 N–H and O–H groups in total. The van der Waals surface area contributed by atoms with Crippen LogP contribution in [-0.4, -0.2) is 18.0 Å². The summed E-state index contributed by atoms with van der Waals surface area (Å²) in [5.74, 6) is 0.223. The summed E-state index contributed by atoms with van der Waals surface area (Å²) in [5.41, 5.74) is 15.8. The van der Waals surface area contributed by atoms with Gasteiger partial charge in [0.05, 0.1) is 18.5 Å². The van der Waals surface area contributed by atoms with E-state index in [0.717, 1.165) is 33.5 Å². The number of carbonyl (C=O) groups is 1. The molecule has 0 atom stereocenters. The Hall–Kier alpha value is -3.38. The number of thiophene rings is 1. The molecule has 0 unspecified atom stereocenters. The van der Waals surface area contributed by atoms with Gasteiger partial charge in [-0.05, 0) is 29.3 Å². The highest BCUT2D eigenvalue weighted by Gasteiger charge is 2.20. The maximum Gasteiger partial charge on any atom is 0.260 e. The summed E-state index contributed by atoms with van der Waals surface area (Å²) in [4.78, 5) is 17.5. The van der Waals surface area contributed by atoms with Crippen LogP contribution in [0.1, 0.15) is 9.67 Å². The van der Waals surface area contributed by atoms with Crippen LogP contribution in [0.3, 0.4) is 0 Å². The van der Waals surface area contributed by atoms with Gasteiger partial charge in [-0.3, -0.25) is 4.79 Å². The number of hydrogen-bond acceptors (Lipinski definition) is 5. The van der Waals surface area contributed by atoms with Crippen LogP contribution in [0.15, 0.2) is 60.7 Å². The van der Waals surface area contributed by atoms with Gasteiger partial charge in [-0.25, -0.2) is 4.98 Å². The minimum atomic E-state index is -0.544. The second kappa shape index (κ2) is 6.74. The third-order valence-corrected chi connectivity index (χ3v) is 5.51. The molecule has 0 spiro atoms. The molecule has 2 aromatic carbocycles. The molecule has 27 heavy (non-hydrogen) atoms. The lowest BCUT2D eigenvalue weighted by atomic mass is 9.99. The van der Waals surface area contributed by atoms with E-state index in [9.17, 15) is 4.79 Å². The van der Waals surface area contributed by atoms with Crippen molar-refractivity contribution >= 4 is 33.1 Å². The van der Waals surface area contributed by atoms with E-state index >= 15 is 0 Å². The minimum absolute atomic E-state index is 0.331. The Balaban J connectivity index is 2.02. The highest BCUT2D eigenvalue weighted by Crippen LogP contribution is 2.41. The summed E-state index contributed by atoms with van der Waals surface area (Å²) in [7, 11) is 1.63. The van der Waals surface area contributed by atoms with Crippen LogP contribution in [0, 0.1) is 0 Å². The standard InChI is InChI=1S/C21H17N3O2S/c1-26-14-9-7-12(8-10-14)15-11-16(13-5-3-2-4-6-13)24-21-17(15)18(22)19(27-21)20(23)25/h2-11H,22H2,1H3,(H2,23,25). The van der Waals surface area contributed by atoms with Gasteiger partial charge in [0.1, 0.15) is 15.5 Å². The van der Waals surface area contributed by atoms with E-state index in [4.69, 9.17) is 21.2 Å². The third-order valence-electron chi connectivity index (χ3n) is 4.39. The maximum absolute atomic E-state index is 11.8. The summed E-state index contributed by atoms with van der Waals surface area (Å²) < 4.78 is 5.25. The Morgan fingerprint density at radius 1 is 1.04 bits per heavy atom. The van der Waals surface area contributed by atoms with Gasteiger partial charge >= 0.3 is 0 Å². The summed E-state index contributed by atoms with van der Waals surface area (Å²) in [6.45, 7) is 0. The first-order chi connectivity index (χ1) is 13.1. The zero-order valence-electron chi connectivity index (χ0n) is 14.6. The lowest BCUT2D eigenvalue weighted by molar-refractivity contribution is 0.100. The highest BCUT2D eigenvalue weighted by molar-refractivity contribution is 7.21. The average molecular weight is 375 g/mol. The van der Waals surface area contributed by atoms with E-state index in [1.165, 1.54) is 11.3 Å². The van der Waals surface area contributed by atoms with Crippen molar-refractivity contribution in [3.05, 3.63) is 65.5 Å². The number of amides is 1. The second-order valence-corrected chi connectivity index (χ2v) is 7.04. The number of rotatable bonds is 4. The van der Waals surface area contributed by atoms with E-state index in [2.05, 4.69) is 0 Å². The summed E-state index contributed by atoms with van der Waals surface area (Å²) in [6.07, 6.45) is 0. The van der Waals surface area contributed by atoms with Crippen molar-refractivity contribution in [2.45, 2.75) is 0 Å². The van der Waals surface area contributed by atoms with Gasteiger partial charge in [0, 0.05) is 10.9 Å². The molecule has 2 heterocycles. The molecule has 0 aliphatic rings. The molecule has 0 saturated carbocycles. The minimum Gasteiger partial charge on any atom is -0.497 e. The normalized spacial score (nSPS) is 10.9. The number of fused-ring (bicyclic) bond motifs is 1. The largest absolute Gasteiger partial charge is 0.497 e. The fraction of sp³-hybridized carbons (Fsp3) is 0.0476. The Morgan fingerprint density at radius 3 is 2.37 bits per heavy atom. The summed E-state index contributed by atoms with van der Waals surface area (Å²) >= 11 is 1.22. The third kappa shape index (κ3) is 3.00. The van der Waals surface area contributed by atoms with Crippen LogP contribution in [0.2, 0.25) is 0 Å². The summed E-state index contributed by atoms with van der Waals surface area (Å²) in [5, 5.41) is 0.749. The number of anilines is 1. The number of nitrogens with two attached hydrogens (primary N) is 2. The quantitative estimate of drug-likeness (QED) is 0.556. The lowest BCUT2D eigenvalue weighted by Crippen LogP contribution is -2.10. The van der Waals surface area contributed by atoms with Crippen molar-refractivity contribution in [2.75, 3.05) is 12.8 Å². The van der Waals surface area contributed by atoms with Crippen LogP contribution >= 0.6 is 11.3 Å². The molecule has 4 aromatic rings. The van der Waals surface area contributed by atoms with Crippen LogP contribution < -0.4 is 16.2 Å². The number of benzene rings is 2. The fourth-order valence-electron chi connectivity index (χ4n) is 3.06. The van der Waals surface area contributed by atoms with Gasteiger partial charge in [0.2, 0.25) is 0 Å². The van der Waals surface area contributed by atoms with Crippen molar-refractivity contribution in [3.8, 4) is 28.1 Å². The molecule has 5 nitrogen and oxygen atoms in total. The second-order valence-electron chi connectivity index (χ2n) is 6.04. The number of ether oxygens (including phenoxy) is 1. The van der Waals surface area contributed by atoms with Crippen molar-refractivity contribution in [1.29, 1.82) is 0 Å². The molecule has 2 aromatic heterocycles. The first-order valence-electron chi connectivity index (χ1n) is 8.31. The van der Waals surface area contributed by atoms with Crippen molar-refractivity contribution < 1.29 is 9.53 Å². The predicted molar refractivity (Wildman–Crippen MR) is 110 cm³/mol. The van der Waals surface area contributed by atoms with Crippen LogP contribution in [0.4, 0.5) is 5.69 Å². The molecule has 4 rings (SSSR count). The molecule has 1 amide bonds. The number of carbonyl (C=O) groups excluding carboxylic acids is 1. The molecule has 134 valence electrons. The Labute approximate surface area is 160 Å². The van der Waals surface area contributed by atoms with Crippen molar-refractivity contribution in [1.82, 2.24) is 4.98 Å². The molecule has 0 aliphatic carbocycles. The van der Waals surface area contributed by atoms with Gasteiger partial charge in [-0.1, -0.05) is 42.5 Å². The molecule has 0 bridgehead atoms. The summed E-state index contributed by atoms with van der Waals surface area (Å²) in [6, 6.07) is 19.6. The number of nitrogen functional groups attached to an aromatic ring is 1. The van der Waals surface area contributed by atoms with E-state index in [-0.39, 0.29) is 0 Å². The molecule has 0 fully saturated rings. The molecule has 0 aliphatic heterocycles. The molecular weight excluding hydrogens is 358 g/mol. The van der Waals surface area contributed by atoms with Gasteiger partial charge in [-0.15, -0.1) is 11.3 Å². The zero-order valence-corrected chi connectivity index (χ0v) is 15.4. The topological polar surface area (TPSA) is 91.2 Å². The average Bonchev–Trinajstić information content (AvgIpc) is 3.05. The smallest absolute Gasteiger partial charge is 0.260 e. The van der Waals surface area contributed by atoms with E-state index in [1.807, 2.05) is 60.7 Å². The molecule has 0 radical (unpaired) electrons. The molecular formula is C21H17N3O2S. The van der Waals surface area contributed by atoms with E-state index in [0.29, 0.717) is 15.4 Å². The van der Waals surface area contributed by atoms with Gasteiger partial charge in [-0.2, -0.15) is 0 Å². The van der Waals surface area contributed by atoms with Crippen LogP contribution in [-0.2, 0) is 0 Å². The first kappa shape index (κ1) is 17.1. The number of hydrogen-bond donors (Lipinski definition) is 2. The monoisotopic (exact) mass is 375 g/mol. The highest BCUT2D eigenvalue weighted by atomic mass is 32.1. The van der Waals surface area contributed by atoms with Crippen molar-refractivity contribution in [3.63, 3.8) is 0 Å². The van der Waals surface area contributed by atoms with Crippen LogP contribution in [0.5, 0.6) is 5.75 Å². The molecule has 6 heteroatoms. The van der Waals surface area contributed by atoms with E-state index in [1.54, 1.807) is 7.11 Å². The van der Waals surface area contributed by atoms with E-state index < -0.39 is 5.91 Å². The number of nitrogens with zero attached hydrogens (tertiary/aromatic N) is 1. The predicted octanol–water partition coefficient (Wildman–Crippen LogP) is 4.32. The first-order valence-corrected chi connectivity index (χ1v) is 9.13. The Bertz CT molecular complexity index is 1140. The zero-order chi connectivity index (χ0) is 19.0.